The Labute approximate surface area is 174 Å². The quantitative estimate of drug-likeness (QED) is 0.751. The van der Waals surface area contributed by atoms with E-state index in [1.54, 1.807) is 18.2 Å². The molecule has 2 aliphatic heterocycles. The molecule has 0 spiro atoms. The van der Waals surface area contributed by atoms with Crippen molar-refractivity contribution < 1.29 is 22.7 Å². The van der Waals surface area contributed by atoms with Gasteiger partial charge in [-0.3, -0.25) is 4.79 Å². The van der Waals surface area contributed by atoms with Crippen molar-refractivity contribution in [1.82, 2.24) is 9.62 Å². The van der Waals surface area contributed by atoms with Gasteiger partial charge >= 0.3 is 0 Å². The van der Waals surface area contributed by atoms with Crippen LogP contribution in [0.25, 0.3) is 10.4 Å². The number of hydrogen-bond acceptors (Lipinski definition) is 6. The molecule has 1 amide bonds. The van der Waals surface area contributed by atoms with E-state index >= 15 is 0 Å². The molecule has 1 atom stereocenters. The number of sulfonamides is 1. The summed E-state index contributed by atoms with van der Waals surface area (Å²) in [5.41, 5.74) is 1.46. The van der Waals surface area contributed by atoms with E-state index in [1.165, 1.54) is 15.6 Å². The Kier molecular flexibility index (Phi) is 6.31. The summed E-state index contributed by atoms with van der Waals surface area (Å²) in [5, 5.41) is 2.90. The van der Waals surface area contributed by atoms with Crippen molar-refractivity contribution in [3.8, 4) is 10.4 Å². The molecule has 9 heteroatoms. The molecule has 0 aliphatic carbocycles. The topological polar surface area (TPSA) is 84.9 Å². The molecule has 0 saturated carbocycles. The first kappa shape index (κ1) is 20.5. The average Bonchev–Trinajstić information content (AvgIpc) is 3.45. The van der Waals surface area contributed by atoms with Gasteiger partial charge < -0.3 is 14.8 Å². The van der Waals surface area contributed by atoms with Crippen molar-refractivity contribution >= 4 is 27.3 Å². The van der Waals surface area contributed by atoms with Crippen molar-refractivity contribution in [2.24, 2.45) is 0 Å². The maximum Gasteiger partial charge on any atom is 0.252 e. The molecule has 1 aromatic carbocycles. The predicted octanol–water partition coefficient (Wildman–Crippen LogP) is 2.34. The summed E-state index contributed by atoms with van der Waals surface area (Å²) in [4.78, 5) is 13.2. The summed E-state index contributed by atoms with van der Waals surface area (Å²) in [5.74, 6) is -0.131. The van der Waals surface area contributed by atoms with Crippen LogP contribution in [0.5, 0.6) is 0 Å². The van der Waals surface area contributed by atoms with Crippen LogP contribution in [0.15, 0.2) is 40.6 Å². The number of rotatable bonds is 6. The third-order valence-electron chi connectivity index (χ3n) is 5.09. The minimum Gasteiger partial charge on any atom is -0.379 e. The van der Waals surface area contributed by atoms with Crippen molar-refractivity contribution in [1.29, 1.82) is 0 Å². The molecule has 2 fully saturated rings. The second-order valence-corrected chi connectivity index (χ2v) is 10.3. The number of nitrogens with zero attached hydrogens (tertiary/aromatic N) is 1. The zero-order chi connectivity index (χ0) is 20.3. The highest BCUT2D eigenvalue weighted by molar-refractivity contribution is 7.91. The van der Waals surface area contributed by atoms with Crippen molar-refractivity contribution in [2.75, 3.05) is 39.5 Å². The Morgan fingerprint density at radius 3 is 2.55 bits per heavy atom. The molecule has 4 rings (SSSR count). The standard InChI is InChI=1S/C20H24N2O5S2/c23-20(21-14-17-2-1-11-27-17)16-5-3-15(4-6-16)18-7-8-19(28-18)29(24,25)22-9-12-26-13-10-22/h3-8,17H,1-2,9-14H2,(H,21,23)/t17-/m1/s1. The first-order chi connectivity index (χ1) is 14.0. The van der Waals surface area contributed by atoms with E-state index in [-0.39, 0.29) is 12.0 Å². The fourth-order valence-corrected chi connectivity index (χ4v) is 6.30. The SMILES string of the molecule is O=C(NC[C@H]1CCCO1)c1ccc(-c2ccc(S(=O)(=O)N3CCOCC3)s2)cc1. The highest BCUT2D eigenvalue weighted by Gasteiger charge is 2.28. The Balaban J connectivity index is 1.42. The smallest absolute Gasteiger partial charge is 0.252 e. The second kappa shape index (κ2) is 8.93. The highest BCUT2D eigenvalue weighted by atomic mass is 32.2. The highest BCUT2D eigenvalue weighted by Crippen LogP contribution is 2.32. The van der Waals surface area contributed by atoms with Crippen LogP contribution in [0, 0.1) is 0 Å². The van der Waals surface area contributed by atoms with Gasteiger partial charge in [-0.25, -0.2) is 8.42 Å². The third-order valence-corrected chi connectivity index (χ3v) is 8.59. The lowest BCUT2D eigenvalue weighted by Gasteiger charge is -2.25. The molecule has 2 aromatic rings. The van der Waals surface area contributed by atoms with E-state index in [0.29, 0.717) is 42.6 Å². The summed E-state index contributed by atoms with van der Waals surface area (Å²) in [6.07, 6.45) is 2.13. The summed E-state index contributed by atoms with van der Waals surface area (Å²) < 4.78 is 38.1. The molecule has 1 N–H and O–H groups in total. The van der Waals surface area contributed by atoms with E-state index in [1.807, 2.05) is 18.2 Å². The Hall–Kier alpha value is -1.78. The van der Waals surface area contributed by atoms with Gasteiger partial charge in [-0.05, 0) is 42.7 Å². The fraction of sp³-hybridized carbons (Fsp3) is 0.450. The molecule has 7 nitrogen and oxygen atoms in total. The van der Waals surface area contributed by atoms with Gasteiger partial charge in [0.15, 0.2) is 0 Å². The first-order valence-corrected chi connectivity index (χ1v) is 12.0. The predicted molar refractivity (Wildman–Crippen MR) is 111 cm³/mol. The lowest BCUT2D eigenvalue weighted by atomic mass is 10.1. The molecular weight excluding hydrogens is 412 g/mol. The van der Waals surface area contributed by atoms with Gasteiger partial charge in [0.1, 0.15) is 4.21 Å². The maximum atomic E-state index is 12.8. The second-order valence-electron chi connectivity index (χ2n) is 7.06. The molecular formula is C20H24N2O5S2. The Morgan fingerprint density at radius 2 is 1.86 bits per heavy atom. The molecule has 156 valence electrons. The number of carbonyl (C=O) groups is 1. The van der Waals surface area contributed by atoms with Crippen LogP contribution in [-0.2, 0) is 19.5 Å². The van der Waals surface area contributed by atoms with Gasteiger partial charge in [-0.1, -0.05) is 12.1 Å². The zero-order valence-corrected chi connectivity index (χ0v) is 17.6. The Bertz CT molecular complexity index is 944. The summed E-state index contributed by atoms with van der Waals surface area (Å²) in [7, 11) is -3.49. The molecule has 2 aliphatic rings. The lowest BCUT2D eigenvalue weighted by Crippen LogP contribution is -2.40. The van der Waals surface area contributed by atoms with Crippen LogP contribution in [0.4, 0.5) is 0 Å². The third kappa shape index (κ3) is 4.70. The van der Waals surface area contributed by atoms with Gasteiger partial charge in [-0.15, -0.1) is 11.3 Å². The van der Waals surface area contributed by atoms with Crippen molar-refractivity contribution in [3.63, 3.8) is 0 Å². The van der Waals surface area contributed by atoms with Gasteiger partial charge in [0.2, 0.25) is 0 Å². The van der Waals surface area contributed by atoms with Gasteiger partial charge in [0, 0.05) is 36.7 Å². The van der Waals surface area contributed by atoms with Crippen LogP contribution < -0.4 is 5.32 Å². The molecule has 29 heavy (non-hydrogen) atoms. The molecule has 3 heterocycles. The van der Waals surface area contributed by atoms with Gasteiger partial charge in [0.05, 0.1) is 19.3 Å². The zero-order valence-electron chi connectivity index (χ0n) is 16.0. The monoisotopic (exact) mass is 436 g/mol. The number of carbonyl (C=O) groups excluding carboxylic acids is 1. The van der Waals surface area contributed by atoms with Crippen LogP contribution in [0.3, 0.4) is 0 Å². The molecule has 0 radical (unpaired) electrons. The summed E-state index contributed by atoms with van der Waals surface area (Å²) >= 11 is 1.24. The minimum absolute atomic E-state index is 0.108. The van der Waals surface area contributed by atoms with Crippen molar-refractivity contribution in [2.45, 2.75) is 23.2 Å². The number of morpholine rings is 1. The Morgan fingerprint density at radius 1 is 1.10 bits per heavy atom. The normalized spacial score (nSPS) is 20.6. The first-order valence-electron chi connectivity index (χ1n) is 9.72. The largest absolute Gasteiger partial charge is 0.379 e. The number of amides is 1. The van der Waals surface area contributed by atoms with Gasteiger partial charge in [-0.2, -0.15) is 4.31 Å². The van der Waals surface area contributed by atoms with Gasteiger partial charge in [0.25, 0.3) is 15.9 Å². The van der Waals surface area contributed by atoms with Crippen LogP contribution in [-0.4, -0.2) is 64.2 Å². The number of nitrogens with one attached hydrogen (secondary N) is 1. The summed E-state index contributed by atoms with van der Waals surface area (Å²) in [6, 6.07) is 10.7. The van der Waals surface area contributed by atoms with E-state index in [2.05, 4.69) is 5.32 Å². The molecule has 2 saturated heterocycles. The molecule has 0 unspecified atom stereocenters. The van der Waals surface area contributed by atoms with E-state index in [0.717, 1.165) is 29.9 Å². The van der Waals surface area contributed by atoms with Crippen LogP contribution in [0.2, 0.25) is 0 Å². The number of hydrogen-bond donors (Lipinski definition) is 1. The van der Waals surface area contributed by atoms with E-state index in [9.17, 15) is 13.2 Å². The van der Waals surface area contributed by atoms with Crippen molar-refractivity contribution in [3.05, 3.63) is 42.0 Å². The summed E-state index contributed by atoms with van der Waals surface area (Å²) in [6.45, 7) is 2.89. The fourth-order valence-electron chi connectivity index (χ4n) is 3.43. The molecule has 0 bridgehead atoms. The van der Waals surface area contributed by atoms with E-state index < -0.39 is 10.0 Å². The number of ether oxygens (including phenoxy) is 2. The van der Waals surface area contributed by atoms with Crippen LogP contribution in [0.1, 0.15) is 23.2 Å². The lowest BCUT2D eigenvalue weighted by molar-refractivity contribution is 0.0731. The maximum absolute atomic E-state index is 12.8. The number of thiophene rings is 1. The van der Waals surface area contributed by atoms with Crippen LogP contribution >= 0.6 is 11.3 Å². The minimum atomic E-state index is -3.49. The number of benzene rings is 1. The molecule has 1 aromatic heterocycles. The average molecular weight is 437 g/mol. The van der Waals surface area contributed by atoms with E-state index in [4.69, 9.17) is 9.47 Å².